The minimum absolute atomic E-state index is 0.00303. The van der Waals surface area contributed by atoms with Crippen molar-refractivity contribution in [1.29, 1.82) is 0 Å². The fourth-order valence-corrected chi connectivity index (χ4v) is 2.86. The van der Waals surface area contributed by atoms with Gasteiger partial charge in [0.2, 0.25) is 5.91 Å². The highest BCUT2D eigenvalue weighted by Gasteiger charge is 2.20. The summed E-state index contributed by atoms with van der Waals surface area (Å²) in [5.74, 6) is 0.592. The molecule has 0 aliphatic carbocycles. The van der Waals surface area contributed by atoms with Gasteiger partial charge in [0, 0.05) is 18.0 Å². The lowest BCUT2D eigenvalue weighted by Crippen LogP contribution is -2.32. The van der Waals surface area contributed by atoms with E-state index in [9.17, 15) is 4.79 Å². The van der Waals surface area contributed by atoms with Gasteiger partial charge in [-0.1, -0.05) is 0 Å². The van der Waals surface area contributed by atoms with Crippen LogP contribution in [0.2, 0.25) is 0 Å². The van der Waals surface area contributed by atoms with Gasteiger partial charge in [0.1, 0.15) is 6.10 Å². The molecule has 0 radical (unpaired) electrons. The van der Waals surface area contributed by atoms with Gasteiger partial charge in [-0.15, -0.1) is 0 Å². The van der Waals surface area contributed by atoms with Crippen molar-refractivity contribution in [2.24, 2.45) is 5.73 Å². The van der Waals surface area contributed by atoms with Crippen molar-refractivity contribution in [2.45, 2.75) is 19.1 Å². The molecule has 1 atom stereocenters. The number of primary amides is 1. The Bertz CT molecular complexity index is 896. The van der Waals surface area contributed by atoms with E-state index in [2.05, 4.69) is 15.2 Å². The number of carbonyl (C=O) groups excluding carboxylic acids is 1. The Morgan fingerprint density at radius 3 is 3.08 bits per heavy atom. The van der Waals surface area contributed by atoms with Crippen molar-refractivity contribution in [2.75, 3.05) is 19.8 Å². The molecule has 3 aromatic rings. The lowest BCUT2D eigenvalue weighted by atomic mass is 10.2. The molecule has 9 nitrogen and oxygen atoms in total. The van der Waals surface area contributed by atoms with Crippen LogP contribution in [-0.2, 0) is 27.2 Å². The van der Waals surface area contributed by atoms with Gasteiger partial charge >= 0.3 is 0 Å². The van der Waals surface area contributed by atoms with Crippen LogP contribution in [0.3, 0.4) is 0 Å². The summed E-state index contributed by atoms with van der Waals surface area (Å²) in [7, 11) is 0. The second kappa shape index (κ2) is 6.61. The molecular weight excluding hydrogens is 324 g/mol. The zero-order valence-corrected chi connectivity index (χ0v) is 13.5. The summed E-state index contributed by atoms with van der Waals surface area (Å²) in [4.78, 5) is 15.7. The number of nitrogens with zero attached hydrogens (tertiary/aromatic N) is 5. The third-order valence-corrected chi connectivity index (χ3v) is 3.97. The third-order valence-electron chi connectivity index (χ3n) is 3.97. The Morgan fingerprint density at radius 2 is 2.28 bits per heavy atom. The number of pyridine rings is 1. The molecule has 1 saturated heterocycles. The Morgan fingerprint density at radius 1 is 1.36 bits per heavy atom. The number of ether oxygens (including phenoxy) is 2. The van der Waals surface area contributed by atoms with Gasteiger partial charge < -0.3 is 15.2 Å². The van der Waals surface area contributed by atoms with Crippen molar-refractivity contribution >= 4 is 11.4 Å². The molecule has 3 aromatic heterocycles. The molecule has 1 unspecified atom stereocenters. The van der Waals surface area contributed by atoms with E-state index in [0.717, 1.165) is 11.1 Å². The fourth-order valence-electron chi connectivity index (χ4n) is 2.86. The maximum absolute atomic E-state index is 11.2. The quantitative estimate of drug-likeness (QED) is 0.701. The maximum atomic E-state index is 11.2. The summed E-state index contributed by atoms with van der Waals surface area (Å²) in [6.45, 7) is 2.16. The molecule has 9 heteroatoms. The topological polar surface area (TPSA) is 110 Å². The van der Waals surface area contributed by atoms with Gasteiger partial charge in [-0.25, -0.2) is 14.2 Å². The second-order valence-corrected chi connectivity index (χ2v) is 5.86. The van der Waals surface area contributed by atoms with Crippen LogP contribution >= 0.6 is 0 Å². The molecule has 4 heterocycles. The average Bonchev–Trinajstić information content (AvgIpc) is 3.21. The van der Waals surface area contributed by atoms with E-state index in [-0.39, 0.29) is 12.5 Å². The number of hydrogen-bond acceptors (Lipinski definition) is 6. The number of rotatable bonds is 5. The average molecular weight is 342 g/mol. The van der Waals surface area contributed by atoms with Crippen molar-refractivity contribution in [3.05, 3.63) is 36.4 Å². The van der Waals surface area contributed by atoms with E-state index in [0.29, 0.717) is 38.0 Å². The maximum Gasteiger partial charge on any atom is 0.225 e. The van der Waals surface area contributed by atoms with Crippen LogP contribution in [0.5, 0.6) is 0 Å². The molecule has 1 aliphatic heterocycles. The number of fused-ring (bicyclic) bond motifs is 1. The van der Waals surface area contributed by atoms with E-state index in [1.54, 1.807) is 15.4 Å². The Hall–Kier alpha value is -2.78. The third kappa shape index (κ3) is 3.37. The van der Waals surface area contributed by atoms with Crippen LogP contribution in [0.1, 0.15) is 5.82 Å². The molecule has 1 aliphatic rings. The van der Waals surface area contributed by atoms with Gasteiger partial charge in [-0.2, -0.15) is 10.2 Å². The summed E-state index contributed by atoms with van der Waals surface area (Å²) in [6.07, 6.45) is 3.49. The van der Waals surface area contributed by atoms with E-state index < -0.39 is 5.91 Å². The van der Waals surface area contributed by atoms with Crippen molar-refractivity contribution < 1.29 is 14.3 Å². The molecule has 25 heavy (non-hydrogen) atoms. The molecule has 0 saturated carbocycles. The van der Waals surface area contributed by atoms with E-state index in [1.165, 1.54) is 0 Å². The van der Waals surface area contributed by atoms with Crippen LogP contribution in [0, 0.1) is 0 Å². The van der Waals surface area contributed by atoms with Gasteiger partial charge in [0.05, 0.1) is 38.3 Å². The normalized spacial score (nSPS) is 17.8. The van der Waals surface area contributed by atoms with Crippen LogP contribution in [0.4, 0.5) is 0 Å². The van der Waals surface area contributed by atoms with Gasteiger partial charge in [0.25, 0.3) is 0 Å². The predicted octanol–water partition coefficient (Wildman–Crippen LogP) is 0.0360. The van der Waals surface area contributed by atoms with E-state index in [4.69, 9.17) is 15.2 Å². The molecule has 130 valence electrons. The number of nitrogens with two attached hydrogens (primary N) is 1. The Labute approximate surface area is 143 Å². The summed E-state index contributed by atoms with van der Waals surface area (Å²) >= 11 is 0. The summed E-state index contributed by atoms with van der Waals surface area (Å²) < 4.78 is 14.7. The minimum atomic E-state index is -0.466. The van der Waals surface area contributed by atoms with E-state index >= 15 is 0 Å². The molecule has 1 amide bonds. The molecule has 0 aromatic carbocycles. The lowest BCUT2D eigenvalue weighted by Gasteiger charge is -2.23. The smallest absolute Gasteiger partial charge is 0.225 e. The molecule has 1 fully saturated rings. The zero-order valence-electron chi connectivity index (χ0n) is 13.5. The van der Waals surface area contributed by atoms with Gasteiger partial charge in [-0.3, -0.25) is 4.79 Å². The Balaban J connectivity index is 1.70. The Kier molecular flexibility index (Phi) is 4.16. The van der Waals surface area contributed by atoms with Crippen LogP contribution in [-0.4, -0.2) is 56.2 Å². The first-order valence-corrected chi connectivity index (χ1v) is 8.04. The van der Waals surface area contributed by atoms with Crippen LogP contribution in [0.15, 0.2) is 30.6 Å². The molecule has 4 rings (SSSR count). The molecule has 2 N–H and O–H groups in total. The number of hydrogen-bond donors (Lipinski definition) is 1. The number of amides is 1. The highest BCUT2D eigenvalue weighted by molar-refractivity contribution is 5.75. The monoisotopic (exact) mass is 342 g/mol. The SMILES string of the molecule is NC(=O)Cc1nc(-c2ccn3nccc3c2)n(CC2COCCO2)n1. The van der Waals surface area contributed by atoms with Crippen LogP contribution in [0.25, 0.3) is 16.9 Å². The summed E-state index contributed by atoms with van der Waals surface area (Å²) in [6, 6.07) is 5.79. The zero-order chi connectivity index (χ0) is 17.2. The summed E-state index contributed by atoms with van der Waals surface area (Å²) in [5, 5.41) is 8.63. The highest BCUT2D eigenvalue weighted by atomic mass is 16.6. The predicted molar refractivity (Wildman–Crippen MR) is 87.7 cm³/mol. The first-order chi connectivity index (χ1) is 12.2. The second-order valence-electron chi connectivity index (χ2n) is 5.86. The van der Waals surface area contributed by atoms with Gasteiger partial charge in [0.15, 0.2) is 11.6 Å². The van der Waals surface area contributed by atoms with Crippen molar-refractivity contribution in [3.8, 4) is 11.4 Å². The molecule has 0 bridgehead atoms. The highest BCUT2D eigenvalue weighted by Crippen LogP contribution is 2.20. The first-order valence-electron chi connectivity index (χ1n) is 8.04. The summed E-state index contributed by atoms with van der Waals surface area (Å²) in [5.41, 5.74) is 7.11. The molecule has 0 spiro atoms. The molecular formula is C16H18N6O3. The van der Waals surface area contributed by atoms with Crippen LogP contribution < -0.4 is 5.73 Å². The largest absolute Gasteiger partial charge is 0.376 e. The van der Waals surface area contributed by atoms with Gasteiger partial charge in [-0.05, 0) is 18.2 Å². The standard InChI is InChI=1S/C16H18N6O3/c17-14(23)8-15-19-16(11-2-4-21-12(7-11)1-3-18-21)22(20-15)9-13-10-24-5-6-25-13/h1-4,7,13H,5-6,8-10H2,(H2,17,23). The first kappa shape index (κ1) is 15.7. The number of carbonyl (C=O) groups is 1. The van der Waals surface area contributed by atoms with Crippen molar-refractivity contribution in [3.63, 3.8) is 0 Å². The number of aromatic nitrogens is 5. The fraction of sp³-hybridized carbons (Fsp3) is 0.375. The lowest BCUT2D eigenvalue weighted by molar-refractivity contribution is -0.117. The van der Waals surface area contributed by atoms with E-state index in [1.807, 2.05) is 24.4 Å². The van der Waals surface area contributed by atoms with Crippen molar-refractivity contribution in [1.82, 2.24) is 24.4 Å². The minimum Gasteiger partial charge on any atom is -0.376 e.